The van der Waals surface area contributed by atoms with Gasteiger partial charge in [0.05, 0.1) is 27.7 Å². The van der Waals surface area contributed by atoms with Gasteiger partial charge in [0.2, 0.25) is 0 Å². The highest BCUT2D eigenvalue weighted by Gasteiger charge is 2.14. The Morgan fingerprint density at radius 1 is 0.696 bits per heavy atom. The molecule has 0 atom stereocenters. The van der Waals surface area contributed by atoms with E-state index in [9.17, 15) is 8.42 Å². The molecule has 0 spiro atoms. The van der Waals surface area contributed by atoms with Crippen molar-refractivity contribution in [3.8, 4) is 0 Å². The lowest BCUT2D eigenvalue weighted by molar-refractivity contribution is -0.870. The Kier molecular flexibility index (Phi) is 13.1. The third-order valence-electron chi connectivity index (χ3n) is 3.72. The molecule has 6 heteroatoms. The van der Waals surface area contributed by atoms with Gasteiger partial charge in [-0.1, -0.05) is 64.7 Å². The third kappa shape index (κ3) is 18.0. The maximum atomic E-state index is 11.5. The summed E-state index contributed by atoms with van der Waals surface area (Å²) in [5.74, 6) is 0. The maximum absolute atomic E-state index is 11.5. The molecule has 0 saturated carbocycles. The zero-order valence-electron chi connectivity index (χ0n) is 15.7. The van der Waals surface area contributed by atoms with E-state index in [0.717, 1.165) is 19.3 Å². The van der Waals surface area contributed by atoms with E-state index in [1.807, 2.05) is 21.1 Å². The molecule has 0 aromatic rings. The zero-order valence-corrected chi connectivity index (χ0v) is 16.5. The van der Waals surface area contributed by atoms with E-state index in [4.69, 9.17) is 8.37 Å². The molecule has 0 aliphatic rings. The number of hydrogen-bond donors (Lipinski definition) is 0. The first kappa shape index (κ1) is 22.8. The van der Waals surface area contributed by atoms with Crippen LogP contribution in [0.15, 0.2) is 0 Å². The van der Waals surface area contributed by atoms with Crippen LogP contribution in [-0.4, -0.2) is 53.8 Å². The molecular weight excluding hydrogens is 314 g/mol. The molecule has 0 aliphatic heterocycles. The Morgan fingerprint density at radius 3 is 1.61 bits per heavy atom. The van der Waals surface area contributed by atoms with Gasteiger partial charge in [-0.2, -0.15) is 8.42 Å². The fourth-order valence-electron chi connectivity index (χ4n) is 2.20. The minimum Gasteiger partial charge on any atom is -0.329 e. The van der Waals surface area contributed by atoms with Crippen LogP contribution in [0.2, 0.25) is 0 Å². The van der Waals surface area contributed by atoms with E-state index >= 15 is 0 Å². The Balaban J connectivity index is 3.42. The van der Waals surface area contributed by atoms with Gasteiger partial charge in [-0.3, -0.25) is 0 Å². The van der Waals surface area contributed by atoms with Crippen LogP contribution in [-0.2, 0) is 18.8 Å². The second kappa shape index (κ2) is 13.2. The highest BCUT2D eigenvalue weighted by molar-refractivity contribution is 7.81. The molecule has 0 rings (SSSR count). The topological polar surface area (TPSA) is 52.6 Å². The van der Waals surface area contributed by atoms with Gasteiger partial charge >= 0.3 is 10.4 Å². The van der Waals surface area contributed by atoms with Crippen molar-refractivity contribution in [1.29, 1.82) is 0 Å². The highest BCUT2D eigenvalue weighted by atomic mass is 32.3. The van der Waals surface area contributed by atoms with Gasteiger partial charge in [-0.05, 0) is 6.42 Å². The van der Waals surface area contributed by atoms with Crippen LogP contribution in [0.3, 0.4) is 0 Å². The Morgan fingerprint density at radius 2 is 1.13 bits per heavy atom. The second-order valence-corrected chi connectivity index (χ2v) is 8.54. The first-order valence-corrected chi connectivity index (χ1v) is 10.4. The smallest absolute Gasteiger partial charge is 0.329 e. The second-order valence-electron chi connectivity index (χ2n) is 7.25. The van der Waals surface area contributed by atoms with E-state index in [1.54, 1.807) is 0 Å². The summed E-state index contributed by atoms with van der Waals surface area (Å²) in [5.41, 5.74) is 0. The lowest BCUT2D eigenvalue weighted by Gasteiger charge is -2.23. The quantitative estimate of drug-likeness (QED) is 0.312. The van der Waals surface area contributed by atoms with Gasteiger partial charge < -0.3 is 4.48 Å². The van der Waals surface area contributed by atoms with Crippen molar-refractivity contribution < 1.29 is 21.3 Å². The van der Waals surface area contributed by atoms with Crippen LogP contribution in [0, 0.1) is 0 Å². The molecule has 0 aromatic carbocycles. The average molecular weight is 353 g/mol. The van der Waals surface area contributed by atoms with Crippen molar-refractivity contribution in [2.75, 3.05) is 40.9 Å². The summed E-state index contributed by atoms with van der Waals surface area (Å²) < 4.78 is 33.4. The Bertz CT molecular complexity index is 363. The summed E-state index contributed by atoms with van der Waals surface area (Å²) in [6.45, 7) is 3.24. The molecule has 0 amide bonds. The molecule has 0 fully saturated rings. The van der Waals surface area contributed by atoms with Gasteiger partial charge in [0.1, 0.15) is 13.2 Å². The van der Waals surface area contributed by atoms with Crippen LogP contribution in [0.5, 0.6) is 0 Å². The summed E-state index contributed by atoms with van der Waals surface area (Å²) in [6.07, 6.45) is 12.1. The van der Waals surface area contributed by atoms with Crippen LogP contribution in [0.25, 0.3) is 0 Å². The molecule has 0 heterocycles. The summed E-state index contributed by atoms with van der Waals surface area (Å²) >= 11 is 0. The van der Waals surface area contributed by atoms with Gasteiger partial charge in [0, 0.05) is 0 Å². The minimum atomic E-state index is -3.82. The molecule has 0 aliphatic carbocycles. The number of quaternary nitrogens is 1. The monoisotopic (exact) mass is 352 g/mol. The third-order valence-corrected chi connectivity index (χ3v) is 4.63. The summed E-state index contributed by atoms with van der Waals surface area (Å²) in [4.78, 5) is 0. The van der Waals surface area contributed by atoms with Crippen molar-refractivity contribution in [1.82, 2.24) is 0 Å². The fourth-order valence-corrected chi connectivity index (χ4v) is 2.87. The molecule has 0 unspecified atom stereocenters. The van der Waals surface area contributed by atoms with E-state index in [2.05, 4.69) is 6.92 Å². The lowest BCUT2D eigenvalue weighted by Crippen LogP contribution is -2.38. The van der Waals surface area contributed by atoms with Crippen LogP contribution in [0.1, 0.15) is 71.1 Å². The standard InChI is InChI=1S/C17H38NO4S/c1-5-6-7-8-9-10-11-12-13-14-16-21-23(19,20)22-17-15-18(2,3)4/h5-17H2,1-4H3/q+1. The predicted octanol–water partition coefficient (Wildman–Crippen LogP) is 3.89. The first-order chi connectivity index (χ1) is 10.8. The van der Waals surface area contributed by atoms with Crippen molar-refractivity contribution in [3.05, 3.63) is 0 Å². The van der Waals surface area contributed by atoms with Crippen molar-refractivity contribution in [2.24, 2.45) is 0 Å². The number of hydrogen-bond acceptors (Lipinski definition) is 4. The Labute approximate surface area is 144 Å². The minimum absolute atomic E-state index is 0.157. The average Bonchev–Trinajstić information content (AvgIpc) is 2.43. The van der Waals surface area contributed by atoms with Crippen molar-refractivity contribution in [3.63, 3.8) is 0 Å². The van der Waals surface area contributed by atoms with E-state index in [0.29, 0.717) is 11.0 Å². The van der Waals surface area contributed by atoms with Crippen molar-refractivity contribution >= 4 is 10.4 Å². The van der Waals surface area contributed by atoms with Crippen LogP contribution in [0.4, 0.5) is 0 Å². The van der Waals surface area contributed by atoms with Gasteiger partial charge in [0.25, 0.3) is 0 Å². The molecule has 0 saturated heterocycles. The maximum Gasteiger partial charge on any atom is 0.400 e. The van der Waals surface area contributed by atoms with E-state index in [1.165, 1.54) is 44.9 Å². The molecule has 0 aromatic heterocycles. The number of likely N-dealkylation sites (N-methyl/N-ethyl adjacent to an activating group) is 1. The summed E-state index contributed by atoms with van der Waals surface area (Å²) in [5, 5.41) is 0. The van der Waals surface area contributed by atoms with Gasteiger partial charge in [-0.25, -0.2) is 8.37 Å². The normalized spacial score (nSPS) is 12.7. The van der Waals surface area contributed by atoms with E-state index in [-0.39, 0.29) is 13.2 Å². The van der Waals surface area contributed by atoms with Gasteiger partial charge in [-0.15, -0.1) is 0 Å². The number of rotatable bonds is 16. The molecule has 140 valence electrons. The van der Waals surface area contributed by atoms with Gasteiger partial charge in [0.15, 0.2) is 0 Å². The summed E-state index contributed by atoms with van der Waals surface area (Å²) in [6, 6.07) is 0. The van der Waals surface area contributed by atoms with Crippen LogP contribution >= 0.6 is 0 Å². The number of unbranched alkanes of at least 4 members (excludes halogenated alkanes) is 9. The molecule has 0 N–H and O–H groups in total. The van der Waals surface area contributed by atoms with Crippen molar-refractivity contribution in [2.45, 2.75) is 71.1 Å². The Hall–Kier alpha value is -0.170. The van der Waals surface area contributed by atoms with Crippen LogP contribution < -0.4 is 0 Å². The molecule has 0 bridgehead atoms. The predicted molar refractivity (Wildman–Crippen MR) is 95.6 cm³/mol. The molecule has 0 radical (unpaired) electrons. The number of nitrogens with zero attached hydrogens (tertiary/aromatic N) is 1. The molecule has 5 nitrogen and oxygen atoms in total. The SMILES string of the molecule is CCCCCCCCCCCCOS(=O)(=O)OCC[N+](C)(C)C. The first-order valence-electron chi connectivity index (χ1n) is 9.11. The molecular formula is C17H38NO4S+. The summed E-state index contributed by atoms with van der Waals surface area (Å²) in [7, 11) is 2.14. The highest BCUT2D eigenvalue weighted by Crippen LogP contribution is 2.11. The lowest BCUT2D eigenvalue weighted by atomic mass is 10.1. The van der Waals surface area contributed by atoms with E-state index < -0.39 is 10.4 Å². The largest absolute Gasteiger partial charge is 0.400 e. The fraction of sp³-hybridized carbons (Fsp3) is 1.00. The zero-order chi connectivity index (χ0) is 17.6. The molecule has 23 heavy (non-hydrogen) atoms.